The molecule has 0 radical (unpaired) electrons. The standard InChI is InChI=1S/C20H29NO4/c1-3-25-17-10-6-15(7-11-17)21-12-18(19(13-21)20(22)23)14-4-8-16(24-2)9-5-14/h4-5,8-9,15,17-19H,3,6-7,10-13H2,1-2H3,(H,22,23)/t15-,17-,18-,19+/m0/s1. The molecule has 1 saturated heterocycles. The molecule has 0 aromatic heterocycles. The summed E-state index contributed by atoms with van der Waals surface area (Å²) in [5.41, 5.74) is 1.10. The highest BCUT2D eigenvalue weighted by atomic mass is 16.5. The van der Waals surface area contributed by atoms with Gasteiger partial charge in [0.05, 0.1) is 19.1 Å². The molecule has 1 aliphatic heterocycles. The molecule has 0 spiro atoms. The fourth-order valence-corrected chi connectivity index (χ4v) is 4.38. The van der Waals surface area contributed by atoms with Crippen LogP contribution in [-0.4, -0.2) is 54.9 Å². The molecule has 1 saturated carbocycles. The van der Waals surface area contributed by atoms with Crippen molar-refractivity contribution >= 4 is 5.97 Å². The van der Waals surface area contributed by atoms with Gasteiger partial charge >= 0.3 is 5.97 Å². The third kappa shape index (κ3) is 4.15. The van der Waals surface area contributed by atoms with Crippen LogP contribution in [0.3, 0.4) is 0 Å². The molecule has 2 fully saturated rings. The van der Waals surface area contributed by atoms with Crippen molar-refractivity contribution in [3.05, 3.63) is 29.8 Å². The van der Waals surface area contributed by atoms with Crippen molar-refractivity contribution in [1.29, 1.82) is 0 Å². The molecule has 3 rings (SSSR count). The quantitative estimate of drug-likeness (QED) is 0.857. The Hall–Kier alpha value is -1.59. The Labute approximate surface area is 149 Å². The number of benzene rings is 1. The van der Waals surface area contributed by atoms with E-state index in [0.29, 0.717) is 18.7 Å². The van der Waals surface area contributed by atoms with Gasteiger partial charge in [-0.1, -0.05) is 12.1 Å². The summed E-state index contributed by atoms with van der Waals surface area (Å²) >= 11 is 0. The van der Waals surface area contributed by atoms with Crippen molar-refractivity contribution in [3.8, 4) is 5.75 Å². The summed E-state index contributed by atoms with van der Waals surface area (Å²) in [6.07, 6.45) is 4.76. The highest BCUT2D eigenvalue weighted by Crippen LogP contribution is 2.37. The zero-order valence-electron chi connectivity index (χ0n) is 15.2. The van der Waals surface area contributed by atoms with Gasteiger partial charge in [-0.25, -0.2) is 0 Å². The number of rotatable bonds is 6. The normalized spacial score (nSPS) is 30.3. The van der Waals surface area contributed by atoms with Crippen LogP contribution in [0.1, 0.15) is 44.1 Å². The van der Waals surface area contributed by atoms with E-state index in [4.69, 9.17) is 9.47 Å². The molecule has 1 aliphatic carbocycles. The largest absolute Gasteiger partial charge is 0.497 e. The lowest BCUT2D eigenvalue weighted by atomic mass is 9.89. The van der Waals surface area contributed by atoms with Crippen molar-refractivity contribution in [3.63, 3.8) is 0 Å². The van der Waals surface area contributed by atoms with Gasteiger partial charge in [0.15, 0.2) is 0 Å². The molecule has 0 amide bonds. The van der Waals surface area contributed by atoms with Crippen LogP contribution in [-0.2, 0) is 9.53 Å². The Balaban J connectivity index is 1.67. The Morgan fingerprint density at radius 3 is 2.40 bits per heavy atom. The van der Waals surface area contributed by atoms with Gasteiger partial charge in [0.2, 0.25) is 0 Å². The average Bonchev–Trinajstić information content (AvgIpc) is 3.08. The predicted octanol–water partition coefficient (Wildman–Crippen LogP) is 3.14. The molecule has 25 heavy (non-hydrogen) atoms. The van der Waals surface area contributed by atoms with E-state index >= 15 is 0 Å². The molecule has 5 heteroatoms. The number of likely N-dealkylation sites (tertiary alicyclic amines) is 1. The molecule has 2 atom stereocenters. The second-order valence-corrected chi connectivity index (χ2v) is 7.16. The maximum Gasteiger partial charge on any atom is 0.308 e. The molecule has 5 nitrogen and oxygen atoms in total. The summed E-state index contributed by atoms with van der Waals surface area (Å²) in [4.78, 5) is 14.2. The second kappa shape index (κ2) is 8.19. The lowest BCUT2D eigenvalue weighted by Gasteiger charge is -2.34. The minimum absolute atomic E-state index is 0.0491. The van der Waals surface area contributed by atoms with Gasteiger partial charge in [-0.05, 0) is 50.3 Å². The van der Waals surface area contributed by atoms with E-state index in [-0.39, 0.29) is 11.8 Å². The molecular weight excluding hydrogens is 318 g/mol. The molecule has 2 aliphatic rings. The second-order valence-electron chi connectivity index (χ2n) is 7.16. The van der Waals surface area contributed by atoms with Crippen LogP contribution in [0.5, 0.6) is 5.75 Å². The predicted molar refractivity (Wildman–Crippen MR) is 96.1 cm³/mol. The lowest BCUT2D eigenvalue weighted by Crippen LogP contribution is -2.38. The van der Waals surface area contributed by atoms with E-state index < -0.39 is 5.97 Å². The Morgan fingerprint density at radius 1 is 1.16 bits per heavy atom. The van der Waals surface area contributed by atoms with Crippen LogP contribution >= 0.6 is 0 Å². The first kappa shape index (κ1) is 18.2. The Morgan fingerprint density at radius 2 is 1.84 bits per heavy atom. The van der Waals surface area contributed by atoms with Gasteiger partial charge < -0.3 is 14.6 Å². The van der Waals surface area contributed by atoms with Gasteiger partial charge in [-0.2, -0.15) is 0 Å². The molecule has 1 N–H and O–H groups in total. The van der Waals surface area contributed by atoms with Gasteiger partial charge in [0, 0.05) is 31.7 Å². The van der Waals surface area contributed by atoms with Crippen molar-refractivity contribution in [2.45, 2.75) is 50.7 Å². The zero-order chi connectivity index (χ0) is 17.8. The van der Waals surface area contributed by atoms with Crippen LogP contribution < -0.4 is 4.74 Å². The number of aliphatic carboxylic acids is 1. The van der Waals surface area contributed by atoms with Crippen molar-refractivity contribution in [1.82, 2.24) is 4.90 Å². The first-order valence-corrected chi connectivity index (χ1v) is 9.34. The van der Waals surface area contributed by atoms with Gasteiger partial charge in [0.1, 0.15) is 5.75 Å². The van der Waals surface area contributed by atoms with Crippen LogP contribution in [0.25, 0.3) is 0 Å². The number of nitrogens with zero attached hydrogens (tertiary/aromatic N) is 1. The zero-order valence-corrected chi connectivity index (χ0v) is 15.2. The number of ether oxygens (including phenoxy) is 2. The first-order chi connectivity index (χ1) is 12.1. The highest BCUT2D eigenvalue weighted by molar-refractivity contribution is 5.72. The highest BCUT2D eigenvalue weighted by Gasteiger charge is 2.41. The molecule has 0 bridgehead atoms. The van der Waals surface area contributed by atoms with Crippen LogP contribution in [0.4, 0.5) is 0 Å². The summed E-state index contributed by atoms with van der Waals surface area (Å²) in [7, 11) is 1.64. The summed E-state index contributed by atoms with van der Waals surface area (Å²) in [5.74, 6) is -0.169. The van der Waals surface area contributed by atoms with Crippen LogP contribution in [0.2, 0.25) is 0 Å². The number of methoxy groups -OCH3 is 1. The van der Waals surface area contributed by atoms with Crippen LogP contribution in [0, 0.1) is 5.92 Å². The van der Waals surface area contributed by atoms with Gasteiger partial charge in [0.25, 0.3) is 0 Å². The van der Waals surface area contributed by atoms with E-state index in [0.717, 1.165) is 50.1 Å². The van der Waals surface area contributed by atoms with E-state index in [1.165, 1.54) is 0 Å². The van der Waals surface area contributed by atoms with Gasteiger partial charge in [-0.3, -0.25) is 9.69 Å². The van der Waals surface area contributed by atoms with E-state index in [1.807, 2.05) is 31.2 Å². The number of carboxylic acid groups (broad SMARTS) is 1. The van der Waals surface area contributed by atoms with E-state index in [9.17, 15) is 9.90 Å². The average molecular weight is 347 g/mol. The topological polar surface area (TPSA) is 59.0 Å². The molecule has 1 aromatic carbocycles. The van der Waals surface area contributed by atoms with E-state index in [1.54, 1.807) is 7.11 Å². The van der Waals surface area contributed by atoms with Crippen molar-refractivity contribution in [2.24, 2.45) is 5.92 Å². The Kier molecular flexibility index (Phi) is 5.97. The molecule has 138 valence electrons. The third-order valence-corrected chi connectivity index (χ3v) is 5.77. The fourth-order valence-electron chi connectivity index (χ4n) is 4.38. The minimum Gasteiger partial charge on any atom is -0.497 e. The maximum atomic E-state index is 11.8. The molecule has 0 unspecified atom stereocenters. The SMILES string of the molecule is CCO[C@H]1CC[C@H](N2C[C@@H](C(=O)O)[C@H](c3ccc(OC)cc3)C2)CC1. The van der Waals surface area contributed by atoms with E-state index in [2.05, 4.69) is 4.90 Å². The Bertz CT molecular complexity index is 566. The fraction of sp³-hybridized carbons (Fsp3) is 0.650. The van der Waals surface area contributed by atoms with Gasteiger partial charge in [-0.15, -0.1) is 0 Å². The number of hydrogen-bond acceptors (Lipinski definition) is 4. The van der Waals surface area contributed by atoms with Crippen LogP contribution in [0.15, 0.2) is 24.3 Å². The lowest BCUT2D eigenvalue weighted by molar-refractivity contribution is -0.141. The maximum absolute atomic E-state index is 11.8. The molecule has 1 aromatic rings. The number of carboxylic acids is 1. The summed E-state index contributed by atoms with van der Waals surface area (Å²) < 4.78 is 11.0. The minimum atomic E-state index is -0.689. The smallest absolute Gasteiger partial charge is 0.308 e. The molecule has 1 heterocycles. The van der Waals surface area contributed by atoms with Crippen molar-refractivity contribution < 1.29 is 19.4 Å². The monoisotopic (exact) mass is 347 g/mol. The first-order valence-electron chi connectivity index (χ1n) is 9.34. The molecular formula is C20H29NO4. The summed E-state index contributed by atoms with van der Waals surface area (Å²) in [5, 5.41) is 9.70. The summed E-state index contributed by atoms with van der Waals surface area (Å²) in [6.45, 7) is 4.30. The third-order valence-electron chi connectivity index (χ3n) is 5.77. The van der Waals surface area contributed by atoms with Crippen molar-refractivity contribution in [2.75, 3.05) is 26.8 Å². The summed E-state index contributed by atoms with van der Waals surface area (Å²) in [6, 6.07) is 8.35. The number of hydrogen-bond donors (Lipinski definition) is 1. The number of carbonyl (C=O) groups is 1.